The maximum Gasteiger partial charge on any atom is 0.419 e. The first-order chi connectivity index (χ1) is 10.8. The predicted molar refractivity (Wildman–Crippen MR) is 78.4 cm³/mol. The number of carbonyl (C=O) groups excluding carboxylic acids is 1. The van der Waals surface area contributed by atoms with Gasteiger partial charge in [0.05, 0.1) is 17.3 Å². The normalized spacial score (nSPS) is 12.6. The van der Waals surface area contributed by atoms with Crippen LogP contribution in [-0.2, 0) is 6.18 Å². The van der Waals surface area contributed by atoms with Gasteiger partial charge >= 0.3 is 12.2 Å². The monoisotopic (exact) mass is 326 g/mol. The summed E-state index contributed by atoms with van der Waals surface area (Å²) in [7, 11) is 0. The van der Waals surface area contributed by atoms with Crippen LogP contribution in [0, 0.1) is 5.82 Å². The number of hydrogen-bond donors (Lipinski definition) is 2. The summed E-state index contributed by atoms with van der Waals surface area (Å²) in [6.45, 7) is 1.71. The molecule has 0 radical (unpaired) electrons. The summed E-state index contributed by atoms with van der Waals surface area (Å²) in [6, 6.07) is 10.5. The molecule has 0 saturated carbocycles. The third-order valence-corrected chi connectivity index (χ3v) is 3.20. The largest absolute Gasteiger partial charge is 0.419 e. The second-order valence-corrected chi connectivity index (χ2v) is 4.90. The number of amides is 2. The first-order valence-electron chi connectivity index (χ1n) is 6.77. The highest BCUT2D eigenvalue weighted by Gasteiger charge is 2.35. The predicted octanol–water partition coefficient (Wildman–Crippen LogP) is 4.73. The molecular formula is C16H14F4N2O. The topological polar surface area (TPSA) is 41.1 Å². The first kappa shape index (κ1) is 16.8. The van der Waals surface area contributed by atoms with Gasteiger partial charge in [-0.1, -0.05) is 36.4 Å². The van der Waals surface area contributed by atoms with Gasteiger partial charge in [-0.15, -0.1) is 0 Å². The fraction of sp³-hybridized carbons (Fsp3) is 0.188. The summed E-state index contributed by atoms with van der Waals surface area (Å²) in [5.74, 6) is -1.51. The maximum atomic E-state index is 13.8. The molecule has 0 bridgehead atoms. The molecule has 0 aromatic heterocycles. The lowest BCUT2D eigenvalue weighted by Crippen LogP contribution is -2.31. The number of alkyl halides is 3. The molecule has 0 aliphatic carbocycles. The van der Waals surface area contributed by atoms with E-state index >= 15 is 0 Å². The van der Waals surface area contributed by atoms with Crippen LogP contribution in [-0.4, -0.2) is 6.03 Å². The molecule has 0 fully saturated rings. The Morgan fingerprint density at radius 2 is 1.70 bits per heavy atom. The summed E-state index contributed by atoms with van der Waals surface area (Å²) >= 11 is 0. The summed E-state index contributed by atoms with van der Waals surface area (Å²) in [5, 5.41) is 4.63. The van der Waals surface area contributed by atoms with E-state index in [1.807, 2.05) is 6.07 Å². The Labute approximate surface area is 130 Å². The molecule has 2 amide bonds. The zero-order valence-corrected chi connectivity index (χ0v) is 12.1. The average molecular weight is 326 g/mol. The smallest absolute Gasteiger partial charge is 0.331 e. The van der Waals surface area contributed by atoms with Crippen LogP contribution in [0.1, 0.15) is 24.1 Å². The molecule has 2 aromatic carbocycles. The Morgan fingerprint density at radius 1 is 1.04 bits per heavy atom. The molecule has 122 valence electrons. The standard InChI is InChI=1S/C16H14F4N2O/c1-10(11-6-3-2-4-7-11)21-15(23)22-13-9-5-8-12(14(13)17)16(18,19)20/h2-10H,1H3,(H2,21,22,23)/t10-/m0/s1. The second-order valence-electron chi connectivity index (χ2n) is 4.90. The molecule has 0 aliphatic heterocycles. The van der Waals surface area contributed by atoms with Gasteiger partial charge in [0.15, 0.2) is 5.82 Å². The average Bonchev–Trinajstić information content (AvgIpc) is 2.49. The van der Waals surface area contributed by atoms with Crippen molar-refractivity contribution >= 4 is 11.7 Å². The van der Waals surface area contributed by atoms with Gasteiger partial charge in [0, 0.05) is 0 Å². The third-order valence-electron chi connectivity index (χ3n) is 3.20. The molecule has 0 unspecified atom stereocenters. The zero-order valence-electron chi connectivity index (χ0n) is 12.1. The Hall–Kier alpha value is -2.57. The number of urea groups is 1. The molecular weight excluding hydrogens is 312 g/mol. The number of nitrogens with one attached hydrogen (secondary N) is 2. The van der Waals surface area contributed by atoms with Crippen molar-refractivity contribution in [2.45, 2.75) is 19.1 Å². The fourth-order valence-corrected chi connectivity index (χ4v) is 2.03. The van der Waals surface area contributed by atoms with Gasteiger partial charge in [0.1, 0.15) is 0 Å². The van der Waals surface area contributed by atoms with Gasteiger partial charge in [0.2, 0.25) is 0 Å². The molecule has 3 nitrogen and oxygen atoms in total. The highest BCUT2D eigenvalue weighted by atomic mass is 19.4. The van der Waals surface area contributed by atoms with Crippen LogP contribution in [0.25, 0.3) is 0 Å². The molecule has 7 heteroatoms. The van der Waals surface area contributed by atoms with E-state index in [1.165, 1.54) is 0 Å². The number of hydrogen-bond acceptors (Lipinski definition) is 1. The van der Waals surface area contributed by atoms with Crippen molar-refractivity contribution < 1.29 is 22.4 Å². The highest BCUT2D eigenvalue weighted by Crippen LogP contribution is 2.33. The van der Waals surface area contributed by atoms with E-state index in [-0.39, 0.29) is 6.04 Å². The lowest BCUT2D eigenvalue weighted by atomic mass is 10.1. The lowest BCUT2D eigenvalue weighted by Gasteiger charge is -2.16. The van der Waals surface area contributed by atoms with Crippen LogP contribution in [0.5, 0.6) is 0 Å². The first-order valence-corrected chi connectivity index (χ1v) is 6.77. The van der Waals surface area contributed by atoms with E-state index in [9.17, 15) is 22.4 Å². The molecule has 0 saturated heterocycles. The van der Waals surface area contributed by atoms with Crippen molar-refractivity contribution in [1.29, 1.82) is 0 Å². The minimum absolute atomic E-state index is 0.384. The minimum atomic E-state index is -4.82. The van der Waals surface area contributed by atoms with E-state index < -0.39 is 29.3 Å². The van der Waals surface area contributed by atoms with E-state index in [1.54, 1.807) is 31.2 Å². The second kappa shape index (κ2) is 6.68. The fourth-order valence-electron chi connectivity index (χ4n) is 2.03. The third kappa shape index (κ3) is 4.21. The van der Waals surface area contributed by atoms with Crippen LogP contribution in [0.2, 0.25) is 0 Å². The summed E-state index contributed by atoms with van der Waals surface area (Å²) in [4.78, 5) is 11.8. The summed E-state index contributed by atoms with van der Waals surface area (Å²) in [5.41, 5.74) is -1.14. The number of benzene rings is 2. The SMILES string of the molecule is C[C@H](NC(=O)Nc1cccc(C(F)(F)F)c1F)c1ccccc1. The van der Waals surface area contributed by atoms with Crippen molar-refractivity contribution in [2.24, 2.45) is 0 Å². The van der Waals surface area contributed by atoms with Crippen LogP contribution in [0.3, 0.4) is 0 Å². The van der Waals surface area contributed by atoms with Crippen molar-refractivity contribution in [3.8, 4) is 0 Å². The Kier molecular flexibility index (Phi) is 4.88. The van der Waals surface area contributed by atoms with E-state index in [0.717, 1.165) is 17.7 Å². The maximum absolute atomic E-state index is 13.8. The Balaban J connectivity index is 2.09. The quantitative estimate of drug-likeness (QED) is 0.787. The Morgan fingerprint density at radius 3 is 2.30 bits per heavy atom. The molecule has 0 heterocycles. The zero-order chi connectivity index (χ0) is 17.0. The van der Waals surface area contributed by atoms with Crippen molar-refractivity contribution in [1.82, 2.24) is 5.32 Å². The van der Waals surface area contributed by atoms with E-state index in [4.69, 9.17) is 0 Å². The van der Waals surface area contributed by atoms with Gasteiger partial charge in [0.25, 0.3) is 0 Å². The van der Waals surface area contributed by atoms with Gasteiger partial charge in [-0.25, -0.2) is 9.18 Å². The van der Waals surface area contributed by atoms with Crippen LogP contribution >= 0.6 is 0 Å². The van der Waals surface area contributed by atoms with Crippen molar-refractivity contribution in [2.75, 3.05) is 5.32 Å². The van der Waals surface area contributed by atoms with E-state index in [0.29, 0.717) is 6.07 Å². The molecule has 0 aliphatic rings. The summed E-state index contributed by atoms with van der Waals surface area (Å²) < 4.78 is 51.7. The molecule has 2 rings (SSSR count). The van der Waals surface area contributed by atoms with Crippen molar-refractivity contribution in [3.63, 3.8) is 0 Å². The van der Waals surface area contributed by atoms with Crippen molar-refractivity contribution in [3.05, 3.63) is 65.5 Å². The summed E-state index contributed by atoms with van der Waals surface area (Å²) in [6.07, 6.45) is -4.82. The molecule has 2 aromatic rings. The number of halogens is 4. The van der Waals surface area contributed by atoms with Crippen LogP contribution in [0.15, 0.2) is 48.5 Å². The minimum Gasteiger partial charge on any atom is -0.331 e. The molecule has 0 spiro atoms. The number of rotatable bonds is 3. The van der Waals surface area contributed by atoms with Gasteiger partial charge in [-0.05, 0) is 24.6 Å². The van der Waals surface area contributed by atoms with Gasteiger partial charge in [-0.3, -0.25) is 0 Å². The number of anilines is 1. The number of carbonyl (C=O) groups is 1. The van der Waals surface area contributed by atoms with Gasteiger partial charge in [-0.2, -0.15) is 13.2 Å². The van der Waals surface area contributed by atoms with Crippen LogP contribution < -0.4 is 10.6 Å². The lowest BCUT2D eigenvalue weighted by molar-refractivity contribution is -0.139. The van der Waals surface area contributed by atoms with Crippen LogP contribution in [0.4, 0.5) is 28.0 Å². The van der Waals surface area contributed by atoms with E-state index in [2.05, 4.69) is 10.6 Å². The molecule has 2 N–H and O–H groups in total. The van der Waals surface area contributed by atoms with Gasteiger partial charge < -0.3 is 10.6 Å². The molecule has 23 heavy (non-hydrogen) atoms. The molecule has 1 atom stereocenters. The highest BCUT2D eigenvalue weighted by molar-refractivity contribution is 5.89. The Bertz CT molecular complexity index is 686.